The predicted octanol–water partition coefficient (Wildman–Crippen LogP) is 3.76. The van der Waals surface area contributed by atoms with Crippen LogP contribution in [0.4, 0.5) is 8.78 Å². The van der Waals surface area contributed by atoms with Gasteiger partial charge in [0.25, 0.3) is 5.91 Å². The fourth-order valence-electron chi connectivity index (χ4n) is 3.34. The molecule has 1 aliphatic heterocycles. The number of carbonyl (C=O) groups is 2. The lowest BCUT2D eigenvalue weighted by atomic mass is 9.98. The second kappa shape index (κ2) is 8.51. The van der Waals surface area contributed by atoms with Gasteiger partial charge in [-0.3, -0.25) is 9.59 Å². The van der Waals surface area contributed by atoms with E-state index in [1.165, 1.54) is 28.1 Å². The topological polar surface area (TPSA) is 53.0 Å². The minimum Gasteiger partial charge on any atom is -0.336 e. The minimum absolute atomic E-state index is 0.164. The zero-order valence-corrected chi connectivity index (χ0v) is 16.6. The summed E-state index contributed by atoms with van der Waals surface area (Å²) in [6.07, 6.45) is 0.292. The highest BCUT2D eigenvalue weighted by molar-refractivity contribution is 6.03. The molecular formula is C22H23F2N3O2. The molecule has 3 rings (SSSR count). The van der Waals surface area contributed by atoms with Gasteiger partial charge >= 0.3 is 0 Å². The first kappa shape index (κ1) is 20.6. The molecule has 0 spiro atoms. The Balaban J connectivity index is 1.91. The van der Waals surface area contributed by atoms with Crippen LogP contribution in [-0.4, -0.2) is 41.0 Å². The number of amides is 2. The van der Waals surface area contributed by atoms with Crippen molar-refractivity contribution < 1.29 is 18.4 Å². The Bertz CT molecular complexity index is 941. The van der Waals surface area contributed by atoms with Crippen molar-refractivity contribution in [3.8, 4) is 0 Å². The number of rotatable bonds is 5. The molecule has 152 valence electrons. The molecule has 7 heteroatoms. The Morgan fingerprint density at radius 3 is 2.41 bits per heavy atom. The first-order chi connectivity index (χ1) is 13.8. The van der Waals surface area contributed by atoms with Crippen LogP contribution in [0, 0.1) is 17.6 Å². The summed E-state index contributed by atoms with van der Waals surface area (Å²) < 4.78 is 27.7. The molecule has 0 aliphatic carbocycles. The normalized spacial score (nSPS) is 16.1. The first-order valence-electron chi connectivity index (χ1n) is 9.42. The molecule has 2 amide bonds. The zero-order chi connectivity index (χ0) is 21.1. The molecule has 29 heavy (non-hydrogen) atoms. The molecule has 0 radical (unpaired) electrons. The Morgan fingerprint density at radius 1 is 1.14 bits per heavy atom. The van der Waals surface area contributed by atoms with Crippen molar-refractivity contribution >= 4 is 17.5 Å². The third-order valence-electron chi connectivity index (χ3n) is 4.85. The van der Waals surface area contributed by atoms with Crippen LogP contribution in [0.5, 0.6) is 0 Å². The molecule has 5 nitrogen and oxygen atoms in total. The quantitative estimate of drug-likeness (QED) is 0.769. The first-order valence-corrected chi connectivity index (χ1v) is 9.42. The largest absolute Gasteiger partial charge is 0.336 e. The van der Waals surface area contributed by atoms with Crippen LogP contribution < -0.4 is 0 Å². The maximum absolute atomic E-state index is 14.5. The Labute approximate surface area is 168 Å². The number of halogens is 2. The second-order valence-electron chi connectivity index (χ2n) is 7.38. The molecule has 0 bridgehead atoms. The maximum Gasteiger partial charge on any atom is 0.262 e. The standard InChI is InChI=1S/C22H23F2N3O2/c1-14(2)22(29)26(3)13-21(28)27-20(17-6-4-5-7-18(17)24)12-19(25-27)15-8-10-16(23)11-9-15/h4-11,14,20H,12-13H2,1-3H3/t20-/m0/s1. The van der Waals surface area contributed by atoms with E-state index in [0.717, 1.165) is 0 Å². The van der Waals surface area contributed by atoms with E-state index >= 15 is 0 Å². The summed E-state index contributed by atoms with van der Waals surface area (Å²) in [5, 5.41) is 5.65. The van der Waals surface area contributed by atoms with Crippen LogP contribution in [-0.2, 0) is 9.59 Å². The average molecular weight is 399 g/mol. The van der Waals surface area contributed by atoms with E-state index < -0.39 is 17.8 Å². The lowest BCUT2D eigenvalue weighted by Crippen LogP contribution is -2.40. The van der Waals surface area contributed by atoms with E-state index in [9.17, 15) is 18.4 Å². The van der Waals surface area contributed by atoms with E-state index in [2.05, 4.69) is 5.10 Å². The average Bonchev–Trinajstić information content (AvgIpc) is 3.13. The molecule has 0 saturated carbocycles. The molecule has 0 N–H and O–H groups in total. The molecule has 1 atom stereocenters. The molecule has 0 unspecified atom stereocenters. The van der Waals surface area contributed by atoms with Crippen molar-refractivity contribution in [3.05, 3.63) is 71.3 Å². The van der Waals surface area contributed by atoms with Crippen molar-refractivity contribution in [1.29, 1.82) is 0 Å². The molecule has 2 aromatic rings. The maximum atomic E-state index is 14.5. The smallest absolute Gasteiger partial charge is 0.262 e. The fraction of sp³-hybridized carbons (Fsp3) is 0.318. The van der Waals surface area contributed by atoms with Crippen molar-refractivity contribution in [2.45, 2.75) is 26.3 Å². The lowest BCUT2D eigenvalue weighted by molar-refractivity contribution is -0.142. The summed E-state index contributed by atoms with van der Waals surface area (Å²) in [6, 6.07) is 11.4. The number of hydrazone groups is 1. The van der Waals surface area contributed by atoms with E-state index in [0.29, 0.717) is 23.3 Å². The summed E-state index contributed by atoms with van der Waals surface area (Å²) >= 11 is 0. The number of carbonyl (C=O) groups excluding carboxylic acids is 2. The summed E-state index contributed by atoms with van der Waals surface area (Å²) in [4.78, 5) is 26.4. The van der Waals surface area contributed by atoms with E-state index in [1.807, 2.05) is 0 Å². The van der Waals surface area contributed by atoms with Gasteiger partial charge in [0.15, 0.2) is 0 Å². The highest BCUT2D eigenvalue weighted by Gasteiger charge is 2.35. The monoisotopic (exact) mass is 399 g/mol. The minimum atomic E-state index is -0.633. The number of benzene rings is 2. The van der Waals surface area contributed by atoms with Crippen molar-refractivity contribution in [3.63, 3.8) is 0 Å². The van der Waals surface area contributed by atoms with Gasteiger partial charge in [0, 0.05) is 24.9 Å². The van der Waals surface area contributed by atoms with Crippen LogP contribution in [0.2, 0.25) is 0 Å². The fourth-order valence-corrected chi connectivity index (χ4v) is 3.34. The van der Waals surface area contributed by atoms with Gasteiger partial charge in [-0.1, -0.05) is 44.2 Å². The van der Waals surface area contributed by atoms with Gasteiger partial charge < -0.3 is 4.90 Å². The molecule has 1 aliphatic rings. The third-order valence-corrected chi connectivity index (χ3v) is 4.85. The molecular weight excluding hydrogens is 376 g/mol. The molecule has 0 saturated heterocycles. The van der Waals surface area contributed by atoms with E-state index in [-0.39, 0.29) is 24.2 Å². The zero-order valence-electron chi connectivity index (χ0n) is 16.6. The van der Waals surface area contributed by atoms with Crippen molar-refractivity contribution in [2.24, 2.45) is 11.0 Å². The number of hydrogen-bond acceptors (Lipinski definition) is 3. The summed E-state index contributed by atoms with van der Waals surface area (Å²) in [5.41, 5.74) is 1.57. The highest BCUT2D eigenvalue weighted by Crippen LogP contribution is 2.34. The Morgan fingerprint density at radius 2 is 1.79 bits per heavy atom. The summed E-state index contributed by atoms with van der Waals surface area (Å²) in [7, 11) is 1.55. The SMILES string of the molecule is CC(C)C(=O)N(C)CC(=O)N1N=C(c2ccc(F)cc2)C[C@H]1c1ccccc1F. The van der Waals surface area contributed by atoms with Crippen LogP contribution in [0.1, 0.15) is 37.4 Å². The molecule has 0 fully saturated rings. The van der Waals surface area contributed by atoms with E-state index in [1.54, 1.807) is 51.2 Å². The highest BCUT2D eigenvalue weighted by atomic mass is 19.1. The Kier molecular flexibility index (Phi) is 6.06. The van der Waals surface area contributed by atoms with Gasteiger partial charge in [-0.25, -0.2) is 13.8 Å². The van der Waals surface area contributed by atoms with Crippen LogP contribution in [0.15, 0.2) is 53.6 Å². The Hall–Kier alpha value is -3.09. The van der Waals surface area contributed by atoms with Crippen LogP contribution in [0.3, 0.4) is 0 Å². The van der Waals surface area contributed by atoms with Gasteiger partial charge in [0.1, 0.15) is 18.2 Å². The van der Waals surface area contributed by atoms with Gasteiger partial charge in [0.2, 0.25) is 5.91 Å². The number of hydrogen-bond donors (Lipinski definition) is 0. The van der Waals surface area contributed by atoms with Crippen molar-refractivity contribution in [1.82, 2.24) is 9.91 Å². The van der Waals surface area contributed by atoms with Gasteiger partial charge in [0.05, 0.1) is 11.8 Å². The molecule has 2 aromatic carbocycles. The lowest BCUT2D eigenvalue weighted by Gasteiger charge is -2.25. The predicted molar refractivity (Wildman–Crippen MR) is 106 cm³/mol. The van der Waals surface area contributed by atoms with E-state index in [4.69, 9.17) is 0 Å². The van der Waals surface area contributed by atoms with Gasteiger partial charge in [-0.2, -0.15) is 5.10 Å². The molecule has 1 heterocycles. The van der Waals surface area contributed by atoms with Gasteiger partial charge in [-0.15, -0.1) is 0 Å². The summed E-state index contributed by atoms with van der Waals surface area (Å²) in [6.45, 7) is 3.35. The van der Waals surface area contributed by atoms with Crippen LogP contribution in [0.25, 0.3) is 0 Å². The van der Waals surface area contributed by atoms with Gasteiger partial charge in [-0.05, 0) is 23.8 Å². The summed E-state index contributed by atoms with van der Waals surface area (Å²) in [5.74, 6) is -1.63. The number of likely N-dealkylation sites (N-methyl/N-ethyl adjacent to an activating group) is 1. The van der Waals surface area contributed by atoms with Crippen molar-refractivity contribution in [2.75, 3.05) is 13.6 Å². The second-order valence-corrected chi connectivity index (χ2v) is 7.38. The number of nitrogens with zero attached hydrogens (tertiary/aromatic N) is 3. The van der Waals surface area contributed by atoms with Crippen LogP contribution >= 0.6 is 0 Å². The third kappa shape index (κ3) is 4.50. The molecule has 0 aromatic heterocycles.